The van der Waals surface area contributed by atoms with Crippen molar-refractivity contribution in [3.8, 4) is 5.75 Å². The van der Waals surface area contributed by atoms with Crippen molar-refractivity contribution in [2.45, 2.75) is 26.2 Å². The minimum absolute atomic E-state index is 0.261. The van der Waals surface area contributed by atoms with Crippen LogP contribution in [0.3, 0.4) is 0 Å². The molecule has 0 amide bonds. The molecule has 1 heterocycles. The number of aromatic hydroxyl groups is 1. The van der Waals surface area contributed by atoms with E-state index in [1.807, 2.05) is 26.0 Å². The summed E-state index contributed by atoms with van der Waals surface area (Å²) in [5, 5.41) is 13.0. The first kappa shape index (κ1) is 10.7. The lowest BCUT2D eigenvalue weighted by Gasteiger charge is -1.96. The summed E-state index contributed by atoms with van der Waals surface area (Å²) in [6, 6.07) is 6.98. The van der Waals surface area contributed by atoms with Gasteiger partial charge < -0.3 is 9.63 Å². The van der Waals surface area contributed by atoms with Crippen molar-refractivity contribution in [2.75, 3.05) is 0 Å². The van der Waals surface area contributed by atoms with Crippen LogP contribution in [-0.4, -0.2) is 15.2 Å². The maximum Gasteiger partial charge on any atom is 0.231 e. The average molecular weight is 218 g/mol. The van der Waals surface area contributed by atoms with E-state index in [4.69, 9.17) is 9.63 Å². The Hall–Kier alpha value is -1.84. The van der Waals surface area contributed by atoms with Crippen LogP contribution in [0.5, 0.6) is 5.75 Å². The molecule has 1 aromatic heterocycles. The van der Waals surface area contributed by atoms with Crippen LogP contribution in [0.4, 0.5) is 0 Å². The van der Waals surface area contributed by atoms with Crippen LogP contribution in [0.1, 0.15) is 37.0 Å². The molecule has 4 nitrogen and oxygen atoms in total. The third-order valence-corrected chi connectivity index (χ3v) is 2.29. The molecule has 0 spiro atoms. The molecule has 0 unspecified atom stereocenters. The first-order valence-electron chi connectivity index (χ1n) is 5.25. The van der Waals surface area contributed by atoms with Gasteiger partial charge in [-0.05, 0) is 17.7 Å². The van der Waals surface area contributed by atoms with Gasteiger partial charge >= 0.3 is 0 Å². The Bertz CT molecular complexity index is 460. The van der Waals surface area contributed by atoms with E-state index in [0.717, 1.165) is 11.4 Å². The van der Waals surface area contributed by atoms with Gasteiger partial charge in [-0.1, -0.05) is 31.1 Å². The van der Waals surface area contributed by atoms with Crippen LogP contribution < -0.4 is 0 Å². The smallest absolute Gasteiger partial charge is 0.231 e. The summed E-state index contributed by atoms with van der Waals surface area (Å²) >= 11 is 0. The fraction of sp³-hybridized carbons (Fsp3) is 0.333. The zero-order chi connectivity index (χ0) is 11.5. The van der Waals surface area contributed by atoms with Gasteiger partial charge in [-0.2, -0.15) is 4.98 Å². The van der Waals surface area contributed by atoms with Crippen molar-refractivity contribution < 1.29 is 9.63 Å². The van der Waals surface area contributed by atoms with Crippen molar-refractivity contribution >= 4 is 0 Å². The Labute approximate surface area is 93.9 Å². The molecule has 2 aromatic rings. The maximum absolute atomic E-state index is 9.15. The molecular formula is C12H14N2O2. The summed E-state index contributed by atoms with van der Waals surface area (Å²) in [5.74, 6) is 1.87. The Morgan fingerprint density at radius 1 is 1.25 bits per heavy atom. The molecule has 0 aliphatic heterocycles. The van der Waals surface area contributed by atoms with Gasteiger partial charge in [0, 0.05) is 5.92 Å². The minimum Gasteiger partial charge on any atom is -0.508 e. The Morgan fingerprint density at radius 3 is 2.50 bits per heavy atom. The van der Waals surface area contributed by atoms with E-state index in [2.05, 4.69) is 10.1 Å². The van der Waals surface area contributed by atoms with Gasteiger partial charge in [0.25, 0.3) is 0 Å². The number of phenols is 1. The third-order valence-electron chi connectivity index (χ3n) is 2.29. The average Bonchev–Trinajstić information content (AvgIpc) is 2.70. The highest BCUT2D eigenvalue weighted by Gasteiger charge is 2.09. The monoisotopic (exact) mass is 218 g/mol. The molecule has 16 heavy (non-hydrogen) atoms. The fourth-order valence-electron chi connectivity index (χ4n) is 1.36. The Balaban J connectivity index is 2.11. The summed E-state index contributed by atoms with van der Waals surface area (Å²) in [6.07, 6.45) is 0.597. The van der Waals surface area contributed by atoms with Crippen LogP contribution in [0.15, 0.2) is 28.8 Å². The standard InChI is InChI=1S/C12H14N2O2/c1-8(2)12-13-11(16-14-12)7-9-3-5-10(15)6-4-9/h3-6,8,15H,7H2,1-2H3. The van der Waals surface area contributed by atoms with Gasteiger partial charge in [-0.25, -0.2) is 0 Å². The largest absolute Gasteiger partial charge is 0.508 e. The zero-order valence-corrected chi connectivity index (χ0v) is 9.34. The molecule has 4 heteroatoms. The number of hydrogen-bond acceptors (Lipinski definition) is 4. The SMILES string of the molecule is CC(C)c1noc(Cc2ccc(O)cc2)n1. The van der Waals surface area contributed by atoms with Crippen LogP contribution in [0.2, 0.25) is 0 Å². The van der Waals surface area contributed by atoms with E-state index >= 15 is 0 Å². The van der Waals surface area contributed by atoms with Crippen molar-refractivity contribution in [1.29, 1.82) is 0 Å². The topological polar surface area (TPSA) is 59.2 Å². The lowest BCUT2D eigenvalue weighted by atomic mass is 10.1. The highest BCUT2D eigenvalue weighted by molar-refractivity contribution is 5.27. The molecule has 0 aliphatic rings. The zero-order valence-electron chi connectivity index (χ0n) is 9.34. The summed E-state index contributed by atoms with van der Waals surface area (Å²) in [4.78, 5) is 4.29. The molecule has 84 valence electrons. The number of nitrogens with zero attached hydrogens (tertiary/aromatic N) is 2. The van der Waals surface area contributed by atoms with Gasteiger partial charge in [-0.15, -0.1) is 0 Å². The number of aromatic nitrogens is 2. The predicted octanol–water partition coefficient (Wildman–Crippen LogP) is 2.49. The fourth-order valence-corrected chi connectivity index (χ4v) is 1.36. The van der Waals surface area contributed by atoms with Gasteiger partial charge in [0.2, 0.25) is 5.89 Å². The molecule has 2 rings (SSSR count). The van der Waals surface area contributed by atoms with E-state index < -0.39 is 0 Å². The maximum atomic E-state index is 9.15. The van der Waals surface area contributed by atoms with Gasteiger partial charge in [0.1, 0.15) is 5.75 Å². The Morgan fingerprint density at radius 2 is 1.94 bits per heavy atom. The van der Waals surface area contributed by atoms with Crippen LogP contribution in [0, 0.1) is 0 Å². The molecule has 0 bridgehead atoms. The predicted molar refractivity (Wildman–Crippen MR) is 59.3 cm³/mol. The molecule has 0 saturated carbocycles. The van der Waals surface area contributed by atoms with E-state index in [0.29, 0.717) is 12.3 Å². The molecule has 0 radical (unpaired) electrons. The Kier molecular flexibility index (Phi) is 2.90. The second-order valence-electron chi connectivity index (χ2n) is 4.04. The highest BCUT2D eigenvalue weighted by atomic mass is 16.5. The third kappa shape index (κ3) is 2.39. The molecule has 1 aromatic carbocycles. The first-order valence-corrected chi connectivity index (χ1v) is 5.25. The molecule has 0 atom stereocenters. The van der Waals surface area contributed by atoms with Gasteiger partial charge in [0.15, 0.2) is 5.82 Å². The van der Waals surface area contributed by atoms with Crippen molar-refractivity contribution in [1.82, 2.24) is 10.1 Å². The van der Waals surface area contributed by atoms with Crippen LogP contribution in [0.25, 0.3) is 0 Å². The summed E-state index contributed by atoms with van der Waals surface area (Å²) in [6.45, 7) is 4.05. The van der Waals surface area contributed by atoms with Crippen molar-refractivity contribution in [3.63, 3.8) is 0 Å². The quantitative estimate of drug-likeness (QED) is 0.859. The second-order valence-corrected chi connectivity index (χ2v) is 4.04. The number of phenolic OH excluding ortho intramolecular Hbond substituents is 1. The van der Waals surface area contributed by atoms with E-state index in [1.165, 1.54) is 0 Å². The molecule has 0 fully saturated rings. The normalized spacial score (nSPS) is 10.9. The van der Waals surface area contributed by atoms with E-state index in [-0.39, 0.29) is 11.7 Å². The lowest BCUT2D eigenvalue weighted by Crippen LogP contribution is -1.91. The summed E-state index contributed by atoms with van der Waals surface area (Å²) < 4.78 is 5.14. The van der Waals surface area contributed by atoms with Crippen LogP contribution in [-0.2, 0) is 6.42 Å². The molecular weight excluding hydrogens is 204 g/mol. The molecule has 1 N–H and O–H groups in total. The van der Waals surface area contributed by atoms with E-state index in [9.17, 15) is 0 Å². The number of benzene rings is 1. The van der Waals surface area contributed by atoms with Crippen LogP contribution >= 0.6 is 0 Å². The second kappa shape index (κ2) is 4.35. The molecule has 0 aliphatic carbocycles. The number of rotatable bonds is 3. The van der Waals surface area contributed by atoms with Gasteiger partial charge in [-0.3, -0.25) is 0 Å². The summed E-state index contributed by atoms with van der Waals surface area (Å²) in [5.41, 5.74) is 1.04. The minimum atomic E-state index is 0.261. The number of hydrogen-bond donors (Lipinski definition) is 1. The first-order chi connectivity index (χ1) is 7.65. The summed E-state index contributed by atoms with van der Waals surface area (Å²) in [7, 11) is 0. The van der Waals surface area contributed by atoms with E-state index in [1.54, 1.807) is 12.1 Å². The van der Waals surface area contributed by atoms with Crippen molar-refractivity contribution in [3.05, 3.63) is 41.5 Å². The highest BCUT2D eigenvalue weighted by Crippen LogP contribution is 2.15. The van der Waals surface area contributed by atoms with Gasteiger partial charge in [0.05, 0.1) is 6.42 Å². The van der Waals surface area contributed by atoms with Crippen molar-refractivity contribution in [2.24, 2.45) is 0 Å². The lowest BCUT2D eigenvalue weighted by molar-refractivity contribution is 0.377. The molecule has 0 saturated heterocycles.